The standard InChI is InChI=1S/C23H26F3N5O4/c1-22(2,3)35-21(33)28-12-17-19-18(30-11-9-15(32)13-30)8-10-27-20(19)31(29-17)14-4-6-16(7-5-14)34-23(24,25)26/h4-8,10,13,17,29,32H,9,11-12H2,1-3H3,(H,28,33). The summed E-state index contributed by atoms with van der Waals surface area (Å²) in [5, 5.41) is 14.3. The Balaban J connectivity index is 1.63. The number of hydrogen-bond acceptors (Lipinski definition) is 8. The molecule has 12 heteroatoms. The Labute approximate surface area is 200 Å². The number of carbonyl (C=O) groups is 1. The van der Waals surface area contributed by atoms with Crippen molar-refractivity contribution in [3.05, 3.63) is 54.1 Å². The first kappa shape index (κ1) is 24.5. The van der Waals surface area contributed by atoms with E-state index in [1.165, 1.54) is 24.3 Å². The molecule has 1 unspecified atom stereocenters. The van der Waals surface area contributed by atoms with Crippen LogP contribution in [-0.2, 0) is 4.74 Å². The van der Waals surface area contributed by atoms with E-state index in [4.69, 9.17) is 4.74 Å². The number of halogens is 3. The second-order valence-electron chi connectivity index (χ2n) is 9.07. The van der Waals surface area contributed by atoms with Gasteiger partial charge >= 0.3 is 12.5 Å². The molecule has 1 atom stereocenters. The summed E-state index contributed by atoms with van der Waals surface area (Å²) in [6.07, 6.45) is -1.63. The fourth-order valence-electron chi connectivity index (χ4n) is 3.87. The second kappa shape index (κ2) is 9.17. The molecular weight excluding hydrogens is 467 g/mol. The van der Waals surface area contributed by atoms with E-state index in [-0.39, 0.29) is 18.1 Å². The van der Waals surface area contributed by atoms with Crippen molar-refractivity contribution in [1.82, 2.24) is 15.7 Å². The van der Waals surface area contributed by atoms with Crippen molar-refractivity contribution in [2.24, 2.45) is 0 Å². The third-order valence-corrected chi connectivity index (χ3v) is 5.19. The van der Waals surface area contributed by atoms with Crippen molar-refractivity contribution >= 4 is 23.3 Å². The van der Waals surface area contributed by atoms with E-state index in [0.717, 1.165) is 11.3 Å². The van der Waals surface area contributed by atoms with Gasteiger partial charge in [0.05, 0.1) is 17.4 Å². The molecule has 1 amide bonds. The van der Waals surface area contributed by atoms with Crippen LogP contribution in [0.1, 0.15) is 38.8 Å². The van der Waals surface area contributed by atoms with Gasteiger partial charge in [-0.05, 0) is 51.1 Å². The largest absolute Gasteiger partial charge is 0.573 e. The highest BCUT2D eigenvalue weighted by Gasteiger charge is 2.36. The second-order valence-corrected chi connectivity index (χ2v) is 9.07. The highest BCUT2D eigenvalue weighted by molar-refractivity contribution is 5.75. The molecule has 0 aliphatic carbocycles. The average molecular weight is 493 g/mol. The van der Waals surface area contributed by atoms with E-state index in [2.05, 4.69) is 20.5 Å². The number of ether oxygens (including phenoxy) is 2. The first-order valence-corrected chi connectivity index (χ1v) is 10.9. The lowest BCUT2D eigenvalue weighted by Gasteiger charge is -2.23. The van der Waals surface area contributed by atoms with Crippen molar-refractivity contribution in [1.29, 1.82) is 0 Å². The zero-order chi connectivity index (χ0) is 25.4. The maximum absolute atomic E-state index is 12.5. The fourth-order valence-corrected chi connectivity index (χ4v) is 3.87. The number of nitrogens with zero attached hydrogens (tertiary/aromatic N) is 3. The molecule has 3 N–H and O–H groups in total. The molecule has 9 nitrogen and oxygen atoms in total. The van der Waals surface area contributed by atoms with Crippen molar-refractivity contribution in [3.63, 3.8) is 0 Å². The van der Waals surface area contributed by atoms with Crippen molar-refractivity contribution in [3.8, 4) is 5.75 Å². The van der Waals surface area contributed by atoms with Crippen LogP contribution < -0.4 is 25.4 Å². The smallest absolute Gasteiger partial charge is 0.511 e. The molecule has 3 heterocycles. The number of hydrogen-bond donors (Lipinski definition) is 3. The normalized spacial score (nSPS) is 17.8. The molecule has 0 radical (unpaired) electrons. The number of amides is 1. The van der Waals surface area contributed by atoms with Crippen molar-refractivity contribution < 1.29 is 32.5 Å². The Morgan fingerprint density at radius 2 is 1.94 bits per heavy atom. The van der Waals surface area contributed by atoms with Crippen molar-refractivity contribution in [2.75, 3.05) is 23.0 Å². The molecule has 0 spiro atoms. The number of fused-ring (bicyclic) bond motifs is 1. The Kier molecular flexibility index (Phi) is 6.41. The molecule has 2 aliphatic heterocycles. The van der Waals surface area contributed by atoms with E-state index < -0.39 is 24.1 Å². The van der Waals surface area contributed by atoms with Gasteiger partial charge in [-0.2, -0.15) is 0 Å². The van der Waals surface area contributed by atoms with Gasteiger partial charge in [0.2, 0.25) is 0 Å². The van der Waals surface area contributed by atoms with Crippen molar-refractivity contribution in [2.45, 2.75) is 45.2 Å². The Hall–Kier alpha value is -3.67. The number of aliphatic hydroxyl groups excluding tert-OH is 1. The maximum atomic E-state index is 12.5. The molecule has 0 bridgehead atoms. The molecule has 0 saturated carbocycles. The number of nitrogens with one attached hydrogen (secondary N) is 2. The number of alkyl halides is 3. The van der Waals surface area contributed by atoms with Crippen LogP contribution in [-0.4, -0.2) is 41.2 Å². The van der Waals surface area contributed by atoms with Crippen LogP contribution in [0.4, 0.5) is 35.2 Å². The third kappa shape index (κ3) is 5.88. The number of alkyl carbamates (subject to hydrolysis) is 1. The monoisotopic (exact) mass is 493 g/mol. The summed E-state index contributed by atoms with van der Waals surface area (Å²) < 4.78 is 46.9. The molecule has 2 aromatic rings. The van der Waals surface area contributed by atoms with Gasteiger partial charge in [0, 0.05) is 37.5 Å². The number of benzene rings is 1. The van der Waals surface area contributed by atoms with Gasteiger partial charge in [-0.25, -0.2) is 15.2 Å². The maximum Gasteiger partial charge on any atom is 0.573 e. The molecule has 1 aromatic heterocycles. The summed E-state index contributed by atoms with van der Waals surface area (Å²) in [5.74, 6) is 0.424. The topological polar surface area (TPSA) is 99.2 Å². The zero-order valence-electron chi connectivity index (χ0n) is 19.4. The van der Waals surface area contributed by atoms with E-state index in [1.807, 2.05) is 4.90 Å². The number of pyridine rings is 1. The Morgan fingerprint density at radius 3 is 2.54 bits per heavy atom. The number of rotatable bonds is 5. The SMILES string of the molecule is CC(C)(C)OC(=O)NCC1NN(c2ccc(OC(F)(F)F)cc2)c2nccc(N3C=C(O)CC3)c21. The minimum absolute atomic E-state index is 0.149. The van der Waals surface area contributed by atoms with Crippen LogP contribution in [0.25, 0.3) is 0 Å². The van der Waals surface area contributed by atoms with Gasteiger partial charge in [-0.15, -0.1) is 13.2 Å². The highest BCUT2D eigenvalue weighted by Crippen LogP contribution is 2.42. The lowest BCUT2D eigenvalue weighted by atomic mass is 10.1. The molecular formula is C23H26F3N5O4. The number of anilines is 3. The Bertz CT molecular complexity index is 1120. The van der Waals surface area contributed by atoms with Gasteiger partial charge in [0.1, 0.15) is 17.1 Å². The number of aliphatic hydroxyl groups is 1. The molecule has 0 fully saturated rings. The number of hydrazine groups is 1. The van der Waals surface area contributed by atoms with Gasteiger partial charge < -0.3 is 24.8 Å². The van der Waals surface area contributed by atoms with E-state index in [9.17, 15) is 23.1 Å². The lowest BCUT2D eigenvalue weighted by Crippen LogP contribution is -2.39. The summed E-state index contributed by atoms with van der Waals surface area (Å²) >= 11 is 0. The first-order chi connectivity index (χ1) is 16.4. The quantitative estimate of drug-likeness (QED) is 0.546. The molecule has 1 aromatic carbocycles. The lowest BCUT2D eigenvalue weighted by molar-refractivity contribution is -0.274. The van der Waals surface area contributed by atoms with Crippen LogP contribution in [0.3, 0.4) is 0 Å². The summed E-state index contributed by atoms with van der Waals surface area (Å²) in [7, 11) is 0. The minimum Gasteiger partial charge on any atom is -0.511 e. The number of carbonyl (C=O) groups excluding carboxylic acids is 1. The zero-order valence-corrected chi connectivity index (χ0v) is 19.4. The minimum atomic E-state index is -4.79. The Morgan fingerprint density at radius 1 is 1.23 bits per heavy atom. The molecule has 0 saturated heterocycles. The summed E-state index contributed by atoms with van der Waals surface area (Å²) in [4.78, 5) is 18.6. The molecule has 188 valence electrons. The van der Waals surface area contributed by atoms with Crippen LogP contribution in [0.15, 0.2) is 48.5 Å². The predicted molar refractivity (Wildman–Crippen MR) is 122 cm³/mol. The van der Waals surface area contributed by atoms with Gasteiger partial charge in [-0.3, -0.25) is 5.01 Å². The third-order valence-electron chi connectivity index (χ3n) is 5.19. The van der Waals surface area contributed by atoms with Gasteiger partial charge in [0.25, 0.3) is 0 Å². The first-order valence-electron chi connectivity index (χ1n) is 10.9. The average Bonchev–Trinajstić information content (AvgIpc) is 3.34. The molecule has 4 rings (SSSR count). The van der Waals surface area contributed by atoms with Crippen LogP contribution >= 0.6 is 0 Å². The highest BCUT2D eigenvalue weighted by atomic mass is 19.4. The van der Waals surface area contributed by atoms with E-state index >= 15 is 0 Å². The van der Waals surface area contributed by atoms with Crippen LogP contribution in [0.2, 0.25) is 0 Å². The van der Waals surface area contributed by atoms with E-state index in [0.29, 0.717) is 24.5 Å². The van der Waals surface area contributed by atoms with Gasteiger partial charge in [-0.1, -0.05) is 0 Å². The molecule has 35 heavy (non-hydrogen) atoms. The van der Waals surface area contributed by atoms with Crippen LogP contribution in [0.5, 0.6) is 5.75 Å². The summed E-state index contributed by atoms with van der Waals surface area (Å²) in [5.41, 5.74) is 4.65. The summed E-state index contributed by atoms with van der Waals surface area (Å²) in [6, 6.07) is 6.72. The number of aromatic nitrogens is 1. The van der Waals surface area contributed by atoms with Crippen LogP contribution in [0, 0.1) is 0 Å². The van der Waals surface area contributed by atoms with E-state index in [1.54, 1.807) is 44.2 Å². The fraction of sp³-hybridized carbons (Fsp3) is 0.391. The molecule has 2 aliphatic rings. The van der Waals surface area contributed by atoms with Gasteiger partial charge in [0.15, 0.2) is 5.82 Å². The predicted octanol–water partition coefficient (Wildman–Crippen LogP) is 4.81. The summed E-state index contributed by atoms with van der Waals surface area (Å²) in [6.45, 7) is 6.00.